The molecule has 0 saturated carbocycles. The highest BCUT2D eigenvalue weighted by atomic mass is 35.5. The summed E-state index contributed by atoms with van der Waals surface area (Å²) in [6.45, 7) is 0. The van der Waals surface area contributed by atoms with Crippen LogP contribution >= 0.6 is 22.9 Å². The van der Waals surface area contributed by atoms with Crippen molar-refractivity contribution in [2.45, 2.75) is 6.18 Å². The van der Waals surface area contributed by atoms with E-state index in [1.54, 1.807) is 0 Å². The molecule has 0 aliphatic rings. The van der Waals surface area contributed by atoms with Crippen LogP contribution in [0.2, 0.25) is 5.02 Å². The van der Waals surface area contributed by atoms with Crippen LogP contribution in [0.25, 0.3) is 6.08 Å². The van der Waals surface area contributed by atoms with E-state index in [1.807, 2.05) is 0 Å². The van der Waals surface area contributed by atoms with Gasteiger partial charge >= 0.3 is 11.2 Å². The van der Waals surface area contributed by atoms with E-state index in [2.05, 4.69) is 5.32 Å². The lowest BCUT2D eigenvalue weighted by molar-refractivity contribution is -0.380. The number of nitrogens with one attached hydrogen (secondary N) is 1. The monoisotopic (exact) mass is 376 g/mol. The summed E-state index contributed by atoms with van der Waals surface area (Å²) in [4.78, 5) is 22.2. The summed E-state index contributed by atoms with van der Waals surface area (Å²) in [7, 11) is 0. The summed E-state index contributed by atoms with van der Waals surface area (Å²) in [6, 6.07) is 5.67. The molecule has 1 heterocycles. The third kappa shape index (κ3) is 4.56. The van der Waals surface area contributed by atoms with Crippen LogP contribution in [0.1, 0.15) is 10.4 Å². The second kappa shape index (κ2) is 7.02. The molecule has 0 saturated heterocycles. The summed E-state index contributed by atoms with van der Waals surface area (Å²) in [6.07, 6.45) is -2.41. The minimum Gasteiger partial charge on any atom is -0.322 e. The van der Waals surface area contributed by atoms with Crippen molar-refractivity contribution in [1.29, 1.82) is 0 Å². The Bertz CT molecular complexity index is 818. The highest BCUT2D eigenvalue weighted by Gasteiger charge is 2.34. The Morgan fingerprint density at radius 2 is 2.00 bits per heavy atom. The highest BCUT2D eigenvalue weighted by Crippen LogP contribution is 2.36. The molecule has 0 aliphatic carbocycles. The van der Waals surface area contributed by atoms with E-state index in [1.165, 1.54) is 24.3 Å². The maximum absolute atomic E-state index is 12.9. The van der Waals surface area contributed by atoms with Gasteiger partial charge in [-0.2, -0.15) is 13.2 Å². The highest BCUT2D eigenvalue weighted by molar-refractivity contribution is 7.16. The van der Waals surface area contributed by atoms with E-state index in [0.29, 0.717) is 10.9 Å². The lowest BCUT2D eigenvalue weighted by Gasteiger charge is -2.13. The van der Waals surface area contributed by atoms with Gasteiger partial charge in [-0.1, -0.05) is 22.9 Å². The average molecular weight is 377 g/mol. The lowest BCUT2D eigenvalue weighted by Crippen LogP contribution is -2.14. The van der Waals surface area contributed by atoms with E-state index >= 15 is 0 Å². The molecule has 0 unspecified atom stereocenters. The van der Waals surface area contributed by atoms with Crippen LogP contribution in [0.5, 0.6) is 0 Å². The summed E-state index contributed by atoms with van der Waals surface area (Å²) in [5.41, 5.74) is -1.50. The van der Waals surface area contributed by atoms with Gasteiger partial charge in [0.05, 0.1) is 16.2 Å². The summed E-state index contributed by atoms with van der Waals surface area (Å²) in [5, 5.41) is 12.4. The van der Waals surface area contributed by atoms with Gasteiger partial charge in [-0.05, 0) is 30.3 Å². The Kier molecular flexibility index (Phi) is 5.25. The van der Waals surface area contributed by atoms with Crippen molar-refractivity contribution < 1.29 is 22.9 Å². The number of benzene rings is 1. The van der Waals surface area contributed by atoms with Gasteiger partial charge in [-0.25, -0.2) is 0 Å². The Morgan fingerprint density at radius 3 is 2.58 bits per heavy atom. The van der Waals surface area contributed by atoms with Crippen LogP contribution < -0.4 is 5.32 Å². The molecule has 1 amide bonds. The number of hydrogen-bond acceptors (Lipinski definition) is 4. The molecule has 2 aromatic rings. The summed E-state index contributed by atoms with van der Waals surface area (Å²) >= 11 is 6.38. The van der Waals surface area contributed by atoms with Crippen LogP contribution in [0.3, 0.4) is 0 Å². The minimum absolute atomic E-state index is 0.105. The number of nitro groups is 1. The number of rotatable bonds is 4. The first kappa shape index (κ1) is 18.0. The fourth-order valence-electron chi connectivity index (χ4n) is 1.72. The number of anilines is 1. The van der Waals surface area contributed by atoms with E-state index in [4.69, 9.17) is 11.6 Å². The molecule has 126 valence electrons. The van der Waals surface area contributed by atoms with E-state index < -0.39 is 28.3 Å². The predicted octanol–water partition coefficient (Wildman–Crippen LogP) is 4.98. The molecule has 0 aliphatic heterocycles. The largest absolute Gasteiger partial charge is 0.418 e. The van der Waals surface area contributed by atoms with Crippen molar-refractivity contribution in [3.8, 4) is 0 Å². The van der Waals surface area contributed by atoms with Gasteiger partial charge in [0.25, 0.3) is 0 Å². The van der Waals surface area contributed by atoms with Crippen molar-refractivity contribution in [2.24, 2.45) is 0 Å². The Balaban J connectivity index is 2.15. The van der Waals surface area contributed by atoms with Crippen LogP contribution in [0.4, 0.5) is 23.9 Å². The average Bonchev–Trinajstić information content (AvgIpc) is 2.95. The van der Waals surface area contributed by atoms with Crippen LogP contribution in [0.15, 0.2) is 36.4 Å². The van der Waals surface area contributed by atoms with Crippen LogP contribution in [-0.4, -0.2) is 10.8 Å². The fraction of sp³-hybridized carbons (Fsp3) is 0.0714. The fourth-order valence-corrected chi connectivity index (χ4v) is 2.62. The van der Waals surface area contributed by atoms with Gasteiger partial charge < -0.3 is 5.32 Å². The van der Waals surface area contributed by atoms with E-state index in [0.717, 1.165) is 23.5 Å². The zero-order valence-electron chi connectivity index (χ0n) is 11.6. The second-order valence-electron chi connectivity index (χ2n) is 4.44. The smallest absolute Gasteiger partial charge is 0.322 e. The van der Waals surface area contributed by atoms with Crippen molar-refractivity contribution in [3.63, 3.8) is 0 Å². The maximum atomic E-state index is 12.9. The first-order valence-corrected chi connectivity index (χ1v) is 7.46. The normalized spacial score (nSPS) is 11.7. The number of halogens is 4. The molecular weight excluding hydrogens is 369 g/mol. The number of nitrogens with zero attached hydrogens (tertiary/aromatic N) is 1. The zero-order chi connectivity index (χ0) is 17.9. The van der Waals surface area contributed by atoms with Gasteiger partial charge in [0.15, 0.2) is 0 Å². The van der Waals surface area contributed by atoms with Gasteiger partial charge in [-0.3, -0.25) is 14.9 Å². The molecule has 0 bridgehead atoms. The molecule has 10 heteroatoms. The topological polar surface area (TPSA) is 72.2 Å². The molecule has 1 N–H and O–H groups in total. The number of thiophene rings is 1. The van der Waals surface area contributed by atoms with E-state index in [-0.39, 0.29) is 10.0 Å². The first-order chi connectivity index (χ1) is 11.2. The molecule has 0 radical (unpaired) electrons. The molecule has 0 spiro atoms. The Morgan fingerprint density at radius 1 is 1.29 bits per heavy atom. The van der Waals surface area contributed by atoms with Crippen LogP contribution in [0, 0.1) is 10.1 Å². The molecule has 0 fully saturated rings. The molecule has 24 heavy (non-hydrogen) atoms. The van der Waals surface area contributed by atoms with Crippen molar-refractivity contribution in [1.82, 2.24) is 0 Å². The molecule has 5 nitrogen and oxygen atoms in total. The standard InChI is InChI=1S/C14H8ClF3N2O3S/c15-8-1-4-11(10(7-8)14(16,17)18)19-12(21)5-2-9-3-6-13(24-9)20(22)23/h1-7H,(H,19,21)/b5-2+. The van der Waals surface area contributed by atoms with Crippen molar-refractivity contribution in [2.75, 3.05) is 5.32 Å². The first-order valence-electron chi connectivity index (χ1n) is 6.27. The SMILES string of the molecule is O=C(/C=C/c1ccc([N+](=O)[O-])s1)Nc1ccc(Cl)cc1C(F)(F)F. The number of carbonyl (C=O) groups is 1. The number of amides is 1. The van der Waals surface area contributed by atoms with Gasteiger partial charge in [-0.15, -0.1) is 0 Å². The van der Waals surface area contributed by atoms with Crippen LogP contribution in [-0.2, 0) is 11.0 Å². The molecule has 1 aromatic heterocycles. The number of alkyl halides is 3. The lowest BCUT2D eigenvalue weighted by atomic mass is 10.1. The van der Waals surface area contributed by atoms with Gasteiger partial charge in [0.1, 0.15) is 0 Å². The number of carbonyl (C=O) groups excluding carboxylic acids is 1. The molecular formula is C14H8ClF3N2O3S. The quantitative estimate of drug-likeness (QED) is 0.464. The predicted molar refractivity (Wildman–Crippen MR) is 85.1 cm³/mol. The summed E-state index contributed by atoms with van der Waals surface area (Å²) < 4.78 is 38.8. The Hall–Kier alpha value is -2.39. The minimum atomic E-state index is -4.68. The molecule has 2 rings (SSSR count). The third-order valence-corrected chi connectivity index (χ3v) is 3.97. The van der Waals surface area contributed by atoms with Crippen molar-refractivity contribution in [3.05, 3.63) is 62.0 Å². The zero-order valence-corrected chi connectivity index (χ0v) is 13.2. The third-order valence-electron chi connectivity index (χ3n) is 2.74. The maximum Gasteiger partial charge on any atom is 0.418 e. The summed E-state index contributed by atoms with van der Waals surface area (Å²) in [5.74, 6) is -0.807. The van der Waals surface area contributed by atoms with Gasteiger partial charge in [0, 0.05) is 22.0 Å². The van der Waals surface area contributed by atoms with E-state index in [9.17, 15) is 28.1 Å². The number of hydrogen-bond donors (Lipinski definition) is 1. The second-order valence-corrected chi connectivity index (χ2v) is 5.97. The van der Waals surface area contributed by atoms with Crippen molar-refractivity contribution >= 4 is 45.6 Å². The van der Waals surface area contributed by atoms with Gasteiger partial charge in [0.2, 0.25) is 5.91 Å². The molecule has 0 atom stereocenters. The Labute approximate surface area is 142 Å². The molecule has 1 aromatic carbocycles.